The molecule has 0 saturated heterocycles. The highest BCUT2D eigenvalue weighted by molar-refractivity contribution is 5.66. The molecule has 18 atom stereocenters. The first-order valence-corrected chi connectivity index (χ1v) is 33.8. The van der Waals surface area contributed by atoms with Gasteiger partial charge in [-0.15, -0.1) is 0 Å². The normalized spacial score (nSPS) is 45.7. The minimum atomic E-state index is -0.639. The number of carbonyl (C=O) groups excluding carboxylic acids is 2. The number of allylic oxidation sites excluding steroid dienone is 2. The molecule has 86 heavy (non-hydrogen) atoms. The summed E-state index contributed by atoms with van der Waals surface area (Å²) in [6, 6.07) is -0.396. The Morgan fingerprint density at radius 2 is 0.942 bits per heavy atom. The molecule has 0 spiro atoms. The molecule has 12 aliphatic rings. The molecule has 16 nitrogen and oxygen atoms in total. The smallest absolute Gasteiger partial charge is 0.347 e. The standard InChI is InChI=1S/C37H55N3O6.C33H51N3O4/c1-21(2)37-18-17-36(20-45-22(3)41)16-15-35(9)28(29(36)37)24(39-30(43)38(10)31(44)40(37)39)19-26-33(7)13-12-27(46-23(4)42)32(5,6)25(33)11-14-34(26,35)8;1-19(2)33-16-15-32(18-37)14-13-31(7)24(25(32)33)20(35-26(39)34(8)27(40)36(33)35)17-22-29(5)11-10-23(38)28(3,4)21(29)9-12-30(22,31)6/h21,24-27H,11-20H2,1-10H3;19-23,37-38H,9-18H2,1-8H3/t24?,25?,26?,27-,33-,34+,35+,36-,37?;20?,21?,22?,23-,29-,30+,31+,32-,33?/m00/s1. The maximum Gasteiger partial charge on any atom is 0.347 e. The maximum atomic E-state index is 14.3. The second-order valence-corrected chi connectivity index (χ2v) is 34.4. The molecular formula is C70H106N6O10. The summed E-state index contributed by atoms with van der Waals surface area (Å²) in [7, 11) is 3.26. The molecule has 0 radical (unpaired) electrons. The lowest BCUT2D eigenvalue weighted by Crippen LogP contribution is -2.67. The highest BCUT2D eigenvalue weighted by atomic mass is 16.5. The topological polar surface area (TPSA) is 191 Å². The number of ether oxygens (including phenoxy) is 2. The lowest BCUT2D eigenvalue weighted by atomic mass is 9.33. The van der Waals surface area contributed by atoms with Crippen LogP contribution in [-0.4, -0.2) is 75.4 Å². The lowest BCUT2D eigenvalue weighted by molar-refractivity contribution is -0.218. The van der Waals surface area contributed by atoms with Crippen LogP contribution in [0, 0.1) is 89.7 Å². The maximum absolute atomic E-state index is 14.3. The van der Waals surface area contributed by atoms with Gasteiger partial charge in [0.25, 0.3) is 0 Å². The van der Waals surface area contributed by atoms with E-state index in [-0.39, 0.29) is 132 Å². The Bertz CT molecular complexity index is 3580. The van der Waals surface area contributed by atoms with E-state index in [9.17, 15) is 39.0 Å². The molecule has 14 rings (SSSR count). The van der Waals surface area contributed by atoms with Crippen molar-refractivity contribution in [1.82, 2.24) is 27.9 Å². The van der Waals surface area contributed by atoms with Crippen molar-refractivity contribution in [3.05, 3.63) is 64.2 Å². The van der Waals surface area contributed by atoms with Crippen LogP contribution in [0.5, 0.6) is 0 Å². The summed E-state index contributed by atoms with van der Waals surface area (Å²) in [5.41, 5.74) is 2.07. The van der Waals surface area contributed by atoms with Gasteiger partial charge in [0, 0.05) is 44.2 Å². The van der Waals surface area contributed by atoms with E-state index in [0.29, 0.717) is 30.3 Å². The van der Waals surface area contributed by atoms with Crippen LogP contribution in [0.2, 0.25) is 0 Å². The van der Waals surface area contributed by atoms with Crippen LogP contribution in [0.3, 0.4) is 0 Å². The van der Waals surface area contributed by atoms with Gasteiger partial charge in [-0.2, -0.15) is 0 Å². The Morgan fingerprint density at radius 1 is 0.523 bits per heavy atom. The van der Waals surface area contributed by atoms with Gasteiger partial charge in [0.05, 0.1) is 35.9 Å². The summed E-state index contributed by atoms with van der Waals surface area (Å²) >= 11 is 0. The molecule has 4 heterocycles. The van der Waals surface area contributed by atoms with Crippen LogP contribution in [0.25, 0.3) is 0 Å². The van der Waals surface area contributed by atoms with Crippen LogP contribution < -0.4 is 22.8 Å². The number of hydrogen-bond donors (Lipinski definition) is 2. The van der Waals surface area contributed by atoms with E-state index in [1.165, 1.54) is 45.3 Å². The van der Waals surface area contributed by atoms with E-state index in [4.69, 9.17) is 9.47 Å². The van der Waals surface area contributed by atoms with Crippen LogP contribution in [0.15, 0.2) is 41.5 Å². The predicted octanol–water partition coefficient (Wildman–Crippen LogP) is 10.6. The third-order valence-electron chi connectivity index (χ3n) is 30.7. The number of carbonyl (C=O) groups is 2. The largest absolute Gasteiger partial charge is 0.465 e. The predicted molar refractivity (Wildman–Crippen MR) is 329 cm³/mol. The van der Waals surface area contributed by atoms with E-state index in [1.807, 2.05) is 18.7 Å². The number of rotatable bonds is 6. The summed E-state index contributed by atoms with van der Waals surface area (Å²) in [6.07, 6.45) is 16.3. The van der Waals surface area contributed by atoms with Gasteiger partial charge < -0.3 is 19.7 Å². The van der Waals surface area contributed by atoms with Crippen molar-refractivity contribution in [3.8, 4) is 0 Å². The Balaban J connectivity index is 0.000000161. The average molecular weight is 1190 g/mol. The van der Waals surface area contributed by atoms with E-state index in [0.717, 1.165) is 116 Å². The van der Waals surface area contributed by atoms with Crippen molar-refractivity contribution in [2.75, 3.05) is 13.2 Å². The Morgan fingerprint density at radius 3 is 1.38 bits per heavy atom. The minimum absolute atomic E-state index is 0.0234. The van der Waals surface area contributed by atoms with Gasteiger partial charge in [0.15, 0.2) is 0 Å². The molecule has 8 fully saturated rings. The first-order valence-electron chi connectivity index (χ1n) is 33.8. The first kappa shape index (κ1) is 60.7. The average Bonchev–Trinajstić information content (AvgIpc) is 1.32. The highest BCUT2D eigenvalue weighted by Gasteiger charge is 2.76. The second-order valence-electron chi connectivity index (χ2n) is 34.4. The SMILES string of the molecule is CC(=O)OC[C@]12CCC3(C(C)C)C1=C1C(CC4[C@@]5(C)CC[C@H](OC(C)=O)C(C)(C)C5CC[C@@]4(C)[C@]1(C)CC2)n1c(=O)n(C)c(=O)n13.CC(C)C12CC[C@]3(CO)CC[C@]4(C)C(=C13)C(CC1[C@@]3(C)CC[C@H](O)C(C)(C)C3CC[C@]14C)n1c(=O)n(C)c(=O)n12. The summed E-state index contributed by atoms with van der Waals surface area (Å²) in [6.45, 7) is 36.4. The van der Waals surface area contributed by atoms with Crippen LogP contribution >= 0.6 is 0 Å². The molecule has 2 N–H and O–H groups in total. The highest BCUT2D eigenvalue weighted by Crippen LogP contribution is 2.81. The van der Waals surface area contributed by atoms with Crippen molar-refractivity contribution >= 4 is 11.9 Å². The second kappa shape index (κ2) is 18.3. The number of aliphatic hydroxyl groups is 2. The Labute approximate surface area is 509 Å². The van der Waals surface area contributed by atoms with Gasteiger partial charge in [-0.25, -0.2) is 47.0 Å². The number of nitrogens with zero attached hydrogens (tertiary/aromatic N) is 6. The number of aromatic nitrogens is 6. The molecule has 8 saturated carbocycles. The zero-order valence-corrected chi connectivity index (χ0v) is 55.8. The monoisotopic (exact) mass is 1190 g/mol. The molecular weight excluding hydrogens is 1080 g/mol. The molecule has 2 aromatic rings. The zero-order valence-electron chi connectivity index (χ0n) is 55.8. The van der Waals surface area contributed by atoms with Gasteiger partial charge in [0.2, 0.25) is 0 Å². The van der Waals surface area contributed by atoms with Crippen molar-refractivity contribution in [1.29, 1.82) is 0 Å². The first-order chi connectivity index (χ1) is 39.9. The molecule has 2 aliphatic heterocycles. The summed E-state index contributed by atoms with van der Waals surface area (Å²) in [5, 5.41) is 22.2. The van der Waals surface area contributed by atoms with Gasteiger partial charge in [-0.05, 0) is 211 Å². The molecule has 8 unspecified atom stereocenters. The van der Waals surface area contributed by atoms with E-state index < -0.39 is 11.1 Å². The fourth-order valence-electron chi connectivity index (χ4n) is 26.0. The van der Waals surface area contributed by atoms with Crippen LogP contribution in [0.1, 0.15) is 238 Å². The number of fused-ring (bicyclic) bond motifs is 14. The molecule has 0 bridgehead atoms. The molecule has 0 amide bonds. The van der Waals surface area contributed by atoms with E-state index in [2.05, 4.69) is 96.9 Å². The third-order valence-corrected chi connectivity index (χ3v) is 30.7. The Hall–Kier alpha value is -4.18. The molecule has 10 aliphatic carbocycles. The van der Waals surface area contributed by atoms with Crippen LogP contribution in [-0.2, 0) is 44.2 Å². The third kappa shape index (κ3) is 6.76. The minimum Gasteiger partial charge on any atom is -0.465 e. The van der Waals surface area contributed by atoms with Crippen molar-refractivity contribution in [2.45, 2.75) is 262 Å². The van der Waals surface area contributed by atoms with Crippen LogP contribution in [0.4, 0.5) is 0 Å². The Kier molecular flexibility index (Phi) is 12.9. The van der Waals surface area contributed by atoms with E-state index in [1.54, 1.807) is 14.1 Å². The van der Waals surface area contributed by atoms with Crippen molar-refractivity contribution in [3.63, 3.8) is 0 Å². The van der Waals surface area contributed by atoms with Gasteiger partial charge in [0.1, 0.15) is 12.7 Å². The molecule has 2 aromatic heterocycles. The molecule has 16 heteroatoms. The molecule has 0 aromatic carbocycles. The summed E-state index contributed by atoms with van der Waals surface area (Å²) in [5.74, 6) is 1.16. The summed E-state index contributed by atoms with van der Waals surface area (Å²) in [4.78, 5) is 80.9. The number of esters is 2. The van der Waals surface area contributed by atoms with Crippen molar-refractivity contribution < 1.29 is 29.3 Å². The lowest BCUT2D eigenvalue weighted by Gasteiger charge is -2.72. The van der Waals surface area contributed by atoms with E-state index >= 15 is 0 Å². The number of hydrogen-bond acceptors (Lipinski definition) is 10. The van der Waals surface area contributed by atoms with Crippen molar-refractivity contribution in [2.24, 2.45) is 104 Å². The quantitative estimate of drug-likeness (QED) is 0.208. The van der Waals surface area contributed by atoms with Gasteiger partial charge in [-0.3, -0.25) is 9.59 Å². The zero-order chi connectivity index (χ0) is 62.6. The molecule has 476 valence electrons. The number of aliphatic hydroxyl groups excluding tert-OH is 2. The van der Waals surface area contributed by atoms with Gasteiger partial charge >= 0.3 is 34.7 Å². The fourth-order valence-corrected chi connectivity index (χ4v) is 26.0. The fraction of sp³-hybridized carbons (Fsp3) is 0.857. The summed E-state index contributed by atoms with van der Waals surface area (Å²) < 4.78 is 22.0. The van der Waals surface area contributed by atoms with Gasteiger partial charge in [-0.1, -0.05) is 96.9 Å².